The molecule has 0 aromatic heterocycles. The fraction of sp³-hybridized carbons (Fsp3) is 1.00. The van der Waals surface area contributed by atoms with Gasteiger partial charge in [-0.25, -0.2) is 0 Å². The fourth-order valence-electron chi connectivity index (χ4n) is 3.28. The second-order valence-corrected chi connectivity index (χ2v) is 6.39. The van der Waals surface area contributed by atoms with Gasteiger partial charge in [-0.2, -0.15) is 0 Å². The van der Waals surface area contributed by atoms with E-state index in [1.165, 1.54) is 64.8 Å². The average molecular weight is 255 g/mol. The molecule has 18 heavy (non-hydrogen) atoms. The molecule has 0 bridgehead atoms. The summed E-state index contributed by atoms with van der Waals surface area (Å²) in [5, 5.41) is 3.50. The molecule has 1 fully saturated rings. The van der Waals surface area contributed by atoms with E-state index in [0.29, 0.717) is 5.41 Å². The summed E-state index contributed by atoms with van der Waals surface area (Å²) in [6.45, 7) is 8.48. The van der Waals surface area contributed by atoms with Crippen molar-refractivity contribution in [2.75, 3.05) is 53.9 Å². The van der Waals surface area contributed by atoms with Gasteiger partial charge in [0.25, 0.3) is 0 Å². The van der Waals surface area contributed by atoms with Gasteiger partial charge in [-0.3, -0.25) is 0 Å². The van der Waals surface area contributed by atoms with E-state index in [-0.39, 0.29) is 0 Å². The summed E-state index contributed by atoms with van der Waals surface area (Å²) in [6.07, 6.45) is 6.72. The Bertz CT molecular complexity index is 204. The van der Waals surface area contributed by atoms with Crippen molar-refractivity contribution in [3.63, 3.8) is 0 Å². The first-order valence-corrected chi connectivity index (χ1v) is 7.62. The molecule has 0 radical (unpaired) electrons. The van der Waals surface area contributed by atoms with Gasteiger partial charge in [0.05, 0.1) is 0 Å². The van der Waals surface area contributed by atoms with Crippen LogP contribution in [0.2, 0.25) is 0 Å². The lowest BCUT2D eigenvalue weighted by Gasteiger charge is -2.40. The molecule has 0 atom stereocenters. The molecule has 3 heteroatoms. The van der Waals surface area contributed by atoms with Gasteiger partial charge in [-0.1, -0.05) is 13.3 Å². The Hall–Kier alpha value is -0.120. The number of nitrogens with zero attached hydrogens (tertiary/aromatic N) is 2. The smallest absolute Gasteiger partial charge is 0.00359 e. The summed E-state index contributed by atoms with van der Waals surface area (Å²) in [5.41, 5.74) is 0.590. The topological polar surface area (TPSA) is 18.5 Å². The molecular weight excluding hydrogens is 222 g/mol. The highest BCUT2D eigenvalue weighted by Crippen LogP contribution is 2.34. The third-order valence-corrected chi connectivity index (χ3v) is 4.20. The van der Waals surface area contributed by atoms with Crippen LogP contribution in [0.1, 0.15) is 39.0 Å². The zero-order chi connectivity index (χ0) is 13.4. The molecule has 0 unspecified atom stereocenters. The normalized spacial score (nSPS) is 19.7. The van der Waals surface area contributed by atoms with Crippen LogP contribution in [0.15, 0.2) is 0 Å². The highest BCUT2D eigenvalue weighted by atomic mass is 15.1. The van der Waals surface area contributed by atoms with Gasteiger partial charge in [0, 0.05) is 6.54 Å². The van der Waals surface area contributed by atoms with E-state index in [1.807, 2.05) is 0 Å². The highest BCUT2D eigenvalue weighted by molar-refractivity contribution is 4.86. The molecule has 1 rings (SSSR count). The molecule has 0 aromatic carbocycles. The van der Waals surface area contributed by atoms with Crippen LogP contribution in [0.5, 0.6) is 0 Å². The van der Waals surface area contributed by atoms with Crippen molar-refractivity contribution in [3.8, 4) is 0 Å². The Labute approximate surface area is 114 Å². The number of nitrogens with one attached hydrogen (secondary N) is 1. The van der Waals surface area contributed by atoms with Crippen molar-refractivity contribution in [2.45, 2.75) is 39.0 Å². The second-order valence-electron chi connectivity index (χ2n) is 6.39. The molecule has 0 spiro atoms. The predicted molar refractivity (Wildman–Crippen MR) is 80.1 cm³/mol. The maximum absolute atomic E-state index is 3.50. The van der Waals surface area contributed by atoms with E-state index in [4.69, 9.17) is 0 Å². The minimum absolute atomic E-state index is 0.590. The molecule has 1 aliphatic rings. The molecule has 1 saturated heterocycles. The first-order valence-electron chi connectivity index (χ1n) is 7.62. The minimum Gasteiger partial charge on any atom is -0.317 e. The molecule has 1 N–H and O–H groups in total. The fourth-order valence-corrected chi connectivity index (χ4v) is 3.28. The van der Waals surface area contributed by atoms with Gasteiger partial charge < -0.3 is 15.1 Å². The summed E-state index contributed by atoms with van der Waals surface area (Å²) in [4.78, 5) is 4.84. The van der Waals surface area contributed by atoms with Crippen LogP contribution in [-0.4, -0.2) is 63.7 Å². The van der Waals surface area contributed by atoms with Crippen LogP contribution < -0.4 is 5.32 Å². The van der Waals surface area contributed by atoms with Crippen LogP contribution in [0.3, 0.4) is 0 Å². The van der Waals surface area contributed by atoms with Gasteiger partial charge in [0.15, 0.2) is 0 Å². The number of hydrogen-bond donors (Lipinski definition) is 1. The zero-order valence-electron chi connectivity index (χ0n) is 13.0. The summed E-state index contributed by atoms with van der Waals surface area (Å²) >= 11 is 0. The second kappa shape index (κ2) is 8.13. The van der Waals surface area contributed by atoms with Crippen molar-refractivity contribution in [3.05, 3.63) is 0 Å². The standard InChI is InChI=1S/C15H33N3/c1-5-7-15(8-10-16-11-9-15)14-18(4)13-6-12-17(2)3/h16H,5-14H2,1-4H3. The summed E-state index contributed by atoms with van der Waals surface area (Å²) in [5.74, 6) is 0. The van der Waals surface area contributed by atoms with Crippen LogP contribution in [0, 0.1) is 5.41 Å². The summed E-state index contributed by atoms with van der Waals surface area (Å²) in [7, 11) is 6.62. The van der Waals surface area contributed by atoms with Crippen LogP contribution in [0.25, 0.3) is 0 Å². The summed E-state index contributed by atoms with van der Waals surface area (Å²) < 4.78 is 0. The van der Waals surface area contributed by atoms with Crippen LogP contribution >= 0.6 is 0 Å². The van der Waals surface area contributed by atoms with Gasteiger partial charge in [-0.05, 0) is 78.4 Å². The minimum atomic E-state index is 0.590. The number of rotatable bonds is 8. The van der Waals surface area contributed by atoms with E-state index < -0.39 is 0 Å². The Kier molecular flexibility index (Phi) is 7.20. The number of hydrogen-bond acceptors (Lipinski definition) is 3. The molecule has 3 nitrogen and oxygen atoms in total. The zero-order valence-corrected chi connectivity index (χ0v) is 13.0. The predicted octanol–water partition coefficient (Wildman–Crippen LogP) is 2.04. The van der Waals surface area contributed by atoms with E-state index >= 15 is 0 Å². The Morgan fingerprint density at radius 3 is 2.28 bits per heavy atom. The lowest BCUT2D eigenvalue weighted by atomic mass is 9.75. The van der Waals surface area contributed by atoms with E-state index in [9.17, 15) is 0 Å². The SMILES string of the molecule is CCCC1(CN(C)CCCN(C)C)CCNCC1. The summed E-state index contributed by atoms with van der Waals surface area (Å²) in [6, 6.07) is 0. The third-order valence-electron chi connectivity index (χ3n) is 4.20. The molecule has 108 valence electrons. The average Bonchev–Trinajstić information content (AvgIpc) is 2.29. The molecule has 0 amide bonds. The van der Waals surface area contributed by atoms with Gasteiger partial charge in [0.1, 0.15) is 0 Å². The molecule has 0 aliphatic carbocycles. The first-order chi connectivity index (χ1) is 8.58. The lowest BCUT2D eigenvalue weighted by molar-refractivity contribution is 0.114. The Morgan fingerprint density at radius 1 is 1.06 bits per heavy atom. The molecule has 1 heterocycles. The van der Waals surface area contributed by atoms with Crippen LogP contribution in [0.4, 0.5) is 0 Å². The lowest BCUT2D eigenvalue weighted by Crippen LogP contribution is -2.44. The molecular formula is C15H33N3. The van der Waals surface area contributed by atoms with Gasteiger partial charge >= 0.3 is 0 Å². The third kappa shape index (κ3) is 5.68. The van der Waals surface area contributed by atoms with Gasteiger partial charge in [-0.15, -0.1) is 0 Å². The largest absolute Gasteiger partial charge is 0.317 e. The van der Waals surface area contributed by atoms with Crippen molar-refractivity contribution < 1.29 is 0 Å². The van der Waals surface area contributed by atoms with Crippen molar-refractivity contribution in [2.24, 2.45) is 5.41 Å². The van der Waals surface area contributed by atoms with Crippen molar-refractivity contribution >= 4 is 0 Å². The maximum Gasteiger partial charge on any atom is 0.00359 e. The van der Waals surface area contributed by atoms with Crippen molar-refractivity contribution in [1.82, 2.24) is 15.1 Å². The molecule has 1 aliphatic heterocycles. The van der Waals surface area contributed by atoms with Gasteiger partial charge in [0.2, 0.25) is 0 Å². The first kappa shape index (κ1) is 15.9. The van der Waals surface area contributed by atoms with Crippen molar-refractivity contribution in [1.29, 1.82) is 0 Å². The Morgan fingerprint density at radius 2 is 1.72 bits per heavy atom. The Balaban J connectivity index is 2.35. The molecule has 0 aromatic rings. The highest BCUT2D eigenvalue weighted by Gasteiger charge is 2.31. The maximum atomic E-state index is 3.50. The molecule has 0 saturated carbocycles. The van der Waals surface area contributed by atoms with Crippen LogP contribution in [-0.2, 0) is 0 Å². The number of piperidine rings is 1. The van der Waals surface area contributed by atoms with E-state index in [1.54, 1.807) is 0 Å². The van der Waals surface area contributed by atoms with E-state index in [2.05, 4.69) is 43.2 Å². The monoisotopic (exact) mass is 255 g/mol. The van der Waals surface area contributed by atoms with E-state index in [0.717, 1.165) is 0 Å². The quantitative estimate of drug-likeness (QED) is 0.716.